The Morgan fingerprint density at radius 1 is 1.08 bits per heavy atom. The van der Waals surface area contributed by atoms with E-state index in [1.807, 2.05) is 30.3 Å². The summed E-state index contributed by atoms with van der Waals surface area (Å²) in [6, 6.07) is 9.55. The molecule has 0 aromatic heterocycles. The molecule has 0 saturated heterocycles. The number of carboxylic acids is 1. The summed E-state index contributed by atoms with van der Waals surface area (Å²) in [7, 11) is -3.56. The lowest BCUT2D eigenvalue weighted by atomic mass is 9.81. The summed E-state index contributed by atoms with van der Waals surface area (Å²) < 4.78 is 24.3. The zero-order valence-corrected chi connectivity index (χ0v) is 15.1. The minimum atomic E-state index is -3.56. The molecule has 0 heterocycles. The van der Waals surface area contributed by atoms with E-state index >= 15 is 0 Å². The number of rotatable bonds is 8. The number of nitrogens with one attached hydrogen (secondary N) is 1. The SMILES string of the molecule is O=C(CS(=O)(=O)CCCc1ccccc1)NC1(C(=O)O)CCCCC1. The van der Waals surface area contributed by atoms with E-state index < -0.39 is 33.0 Å². The molecule has 0 aliphatic heterocycles. The number of carbonyl (C=O) groups is 2. The third kappa shape index (κ3) is 5.85. The van der Waals surface area contributed by atoms with Gasteiger partial charge in [0.15, 0.2) is 9.84 Å². The number of aliphatic carboxylic acids is 1. The number of carboxylic acid groups (broad SMARTS) is 1. The van der Waals surface area contributed by atoms with Gasteiger partial charge in [0, 0.05) is 0 Å². The smallest absolute Gasteiger partial charge is 0.329 e. The molecule has 1 aromatic carbocycles. The predicted molar refractivity (Wildman–Crippen MR) is 95.0 cm³/mol. The lowest BCUT2D eigenvalue weighted by molar-refractivity contribution is -0.148. The topological polar surface area (TPSA) is 101 Å². The van der Waals surface area contributed by atoms with Gasteiger partial charge in [-0.3, -0.25) is 4.79 Å². The van der Waals surface area contributed by atoms with Crippen molar-refractivity contribution in [1.82, 2.24) is 5.32 Å². The molecule has 1 amide bonds. The van der Waals surface area contributed by atoms with Crippen LogP contribution in [-0.2, 0) is 25.8 Å². The first-order valence-corrected chi connectivity index (χ1v) is 10.4. The molecular weight excluding hydrogens is 342 g/mol. The standard InChI is InChI=1S/C18H25NO5S/c20-16(19-18(17(21)22)11-5-2-6-12-18)14-25(23,24)13-7-10-15-8-3-1-4-9-15/h1,3-4,8-9H,2,5-7,10-14H2,(H,19,20)(H,21,22). The van der Waals surface area contributed by atoms with Crippen LogP contribution >= 0.6 is 0 Å². The van der Waals surface area contributed by atoms with Crippen LogP contribution in [0.2, 0.25) is 0 Å². The van der Waals surface area contributed by atoms with Crippen molar-refractivity contribution in [1.29, 1.82) is 0 Å². The van der Waals surface area contributed by atoms with Crippen molar-refractivity contribution < 1.29 is 23.1 Å². The highest BCUT2D eigenvalue weighted by Crippen LogP contribution is 2.28. The summed E-state index contributed by atoms with van der Waals surface area (Å²) >= 11 is 0. The quantitative estimate of drug-likeness (QED) is 0.731. The van der Waals surface area contributed by atoms with Crippen molar-refractivity contribution in [3.8, 4) is 0 Å². The van der Waals surface area contributed by atoms with Crippen molar-refractivity contribution >= 4 is 21.7 Å². The summed E-state index contributed by atoms with van der Waals surface area (Å²) in [6.45, 7) is 0. The molecule has 7 heteroatoms. The Hall–Kier alpha value is -1.89. The molecule has 2 N–H and O–H groups in total. The first-order valence-electron chi connectivity index (χ1n) is 8.62. The lowest BCUT2D eigenvalue weighted by Gasteiger charge is -2.33. The Balaban J connectivity index is 1.86. The van der Waals surface area contributed by atoms with Gasteiger partial charge in [-0.05, 0) is 31.2 Å². The van der Waals surface area contributed by atoms with Crippen molar-refractivity contribution in [3.05, 3.63) is 35.9 Å². The summed E-state index contributed by atoms with van der Waals surface area (Å²) in [4.78, 5) is 23.7. The van der Waals surface area contributed by atoms with Crippen LogP contribution < -0.4 is 5.32 Å². The number of sulfone groups is 1. The number of aryl methyl sites for hydroxylation is 1. The van der Waals surface area contributed by atoms with Crippen LogP contribution in [0.5, 0.6) is 0 Å². The van der Waals surface area contributed by atoms with E-state index in [1.165, 1.54) is 0 Å². The molecule has 1 aliphatic rings. The van der Waals surface area contributed by atoms with Gasteiger partial charge in [0.05, 0.1) is 5.75 Å². The zero-order chi connectivity index (χ0) is 18.3. The first-order chi connectivity index (χ1) is 11.8. The highest BCUT2D eigenvalue weighted by molar-refractivity contribution is 7.92. The van der Waals surface area contributed by atoms with E-state index in [4.69, 9.17) is 0 Å². The predicted octanol–water partition coefficient (Wildman–Crippen LogP) is 1.94. The molecule has 0 atom stereocenters. The molecule has 1 aromatic rings. The molecule has 25 heavy (non-hydrogen) atoms. The van der Waals surface area contributed by atoms with Gasteiger partial charge in [0.2, 0.25) is 5.91 Å². The van der Waals surface area contributed by atoms with Gasteiger partial charge in [-0.25, -0.2) is 13.2 Å². The van der Waals surface area contributed by atoms with E-state index in [0.29, 0.717) is 25.7 Å². The monoisotopic (exact) mass is 367 g/mol. The summed E-state index contributed by atoms with van der Waals surface area (Å²) in [5.74, 6) is -2.54. The maximum Gasteiger partial charge on any atom is 0.329 e. The zero-order valence-electron chi connectivity index (χ0n) is 14.2. The molecule has 1 fully saturated rings. The number of hydrogen-bond donors (Lipinski definition) is 2. The average Bonchev–Trinajstić information content (AvgIpc) is 2.55. The van der Waals surface area contributed by atoms with Crippen LogP contribution in [-0.4, -0.2) is 42.4 Å². The van der Waals surface area contributed by atoms with Crippen LogP contribution in [0.4, 0.5) is 0 Å². The van der Waals surface area contributed by atoms with Crippen LogP contribution in [0.15, 0.2) is 30.3 Å². The van der Waals surface area contributed by atoms with Gasteiger partial charge in [0.25, 0.3) is 0 Å². The molecule has 0 unspecified atom stereocenters. The Kier molecular flexibility index (Phi) is 6.58. The number of amides is 1. The molecule has 0 bridgehead atoms. The maximum atomic E-state index is 12.1. The van der Waals surface area contributed by atoms with E-state index in [9.17, 15) is 23.1 Å². The van der Waals surface area contributed by atoms with Crippen molar-refractivity contribution in [2.75, 3.05) is 11.5 Å². The van der Waals surface area contributed by atoms with Gasteiger partial charge in [-0.2, -0.15) is 0 Å². The fourth-order valence-electron chi connectivity index (χ4n) is 3.26. The maximum absolute atomic E-state index is 12.1. The van der Waals surface area contributed by atoms with Crippen LogP contribution in [0.25, 0.3) is 0 Å². The van der Waals surface area contributed by atoms with Crippen molar-refractivity contribution in [2.45, 2.75) is 50.5 Å². The first kappa shape index (κ1) is 19.4. The molecule has 1 aliphatic carbocycles. The molecule has 138 valence electrons. The van der Waals surface area contributed by atoms with E-state index in [2.05, 4.69) is 5.32 Å². The Morgan fingerprint density at radius 2 is 1.72 bits per heavy atom. The Bertz CT molecular complexity index is 693. The highest BCUT2D eigenvalue weighted by atomic mass is 32.2. The van der Waals surface area contributed by atoms with Gasteiger partial charge >= 0.3 is 5.97 Å². The van der Waals surface area contributed by atoms with Crippen LogP contribution in [0, 0.1) is 0 Å². The van der Waals surface area contributed by atoms with Gasteiger partial charge in [0.1, 0.15) is 11.3 Å². The molecule has 6 nitrogen and oxygen atoms in total. The molecule has 1 saturated carbocycles. The minimum Gasteiger partial charge on any atom is -0.480 e. The second-order valence-corrected chi connectivity index (χ2v) is 8.86. The van der Waals surface area contributed by atoms with E-state index in [-0.39, 0.29) is 5.75 Å². The van der Waals surface area contributed by atoms with Crippen LogP contribution in [0.3, 0.4) is 0 Å². The fraction of sp³-hybridized carbons (Fsp3) is 0.556. The van der Waals surface area contributed by atoms with Crippen molar-refractivity contribution in [3.63, 3.8) is 0 Å². The van der Waals surface area contributed by atoms with Gasteiger partial charge < -0.3 is 10.4 Å². The molecule has 0 radical (unpaired) electrons. The van der Waals surface area contributed by atoms with Gasteiger partial charge in [-0.1, -0.05) is 49.6 Å². The third-order valence-corrected chi connectivity index (χ3v) is 6.22. The van der Waals surface area contributed by atoms with Gasteiger partial charge in [-0.15, -0.1) is 0 Å². The van der Waals surface area contributed by atoms with E-state index in [1.54, 1.807) is 0 Å². The van der Waals surface area contributed by atoms with Crippen LogP contribution in [0.1, 0.15) is 44.1 Å². The lowest BCUT2D eigenvalue weighted by Crippen LogP contribution is -2.56. The highest BCUT2D eigenvalue weighted by Gasteiger charge is 2.41. The summed E-state index contributed by atoms with van der Waals surface area (Å²) in [6.07, 6.45) is 4.13. The molecule has 2 rings (SSSR count). The van der Waals surface area contributed by atoms with Crippen molar-refractivity contribution in [2.24, 2.45) is 0 Å². The number of carbonyl (C=O) groups excluding carboxylic acids is 1. The molecule has 0 spiro atoms. The Labute approximate surface area is 148 Å². The Morgan fingerprint density at radius 3 is 2.32 bits per heavy atom. The fourth-order valence-corrected chi connectivity index (χ4v) is 4.46. The second kappa shape index (κ2) is 8.47. The summed E-state index contributed by atoms with van der Waals surface area (Å²) in [5.41, 5.74) is -0.260. The third-order valence-electron chi connectivity index (χ3n) is 4.61. The second-order valence-electron chi connectivity index (χ2n) is 6.68. The average molecular weight is 367 g/mol. The number of hydrogen-bond acceptors (Lipinski definition) is 4. The largest absolute Gasteiger partial charge is 0.480 e. The normalized spacial score (nSPS) is 17.0. The van der Waals surface area contributed by atoms with E-state index in [0.717, 1.165) is 24.8 Å². The number of benzene rings is 1. The molecular formula is C18H25NO5S. The minimum absolute atomic E-state index is 0.0879. The summed E-state index contributed by atoms with van der Waals surface area (Å²) in [5, 5.41) is 11.9.